The van der Waals surface area contributed by atoms with Crippen molar-refractivity contribution in [3.63, 3.8) is 0 Å². The van der Waals surface area contributed by atoms with Crippen molar-refractivity contribution in [2.24, 2.45) is 5.92 Å². The van der Waals surface area contributed by atoms with Crippen LogP contribution in [0.2, 0.25) is 0 Å². The van der Waals surface area contributed by atoms with E-state index in [4.69, 9.17) is 9.26 Å². The third-order valence-corrected chi connectivity index (χ3v) is 6.32. The molecule has 1 aliphatic rings. The van der Waals surface area contributed by atoms with Crippen LogP contribution < -0.4 is 4.74 Å². The molecule has 0 radical (unpaired) electrons. The van der Waals surface area contributed by atoms with Crippen LogP contribution in [0.1, 0.15) is 41.8 Å². The van der Waals surface area contributed by atoms with E-state index in [-0.39, 0.29) is 5.91 Å². The van der Waals surface area contributed by atoms with Crippen molar-refractivity contribution >= 4 is 5.91 Å². The van der Waals surface area contributed by atoms with Gasteiger partial charge in [0, 0.05) is 32.1 Å². The number of ether oxygens (including phenoxy) is 1. The molecule has 0 unspecified atom stereocenters. The molecule has 164 valence electrons. The fourth-order valence-electron chi connectivity index (χ4n) is 4.35. The van der Waals surface area contributed by atoms with E-state index in [1.807, 2.05) is 37.9 Å². The lowest BCUT2D eigenvalue weighted by Crippen LogP contribution is -2.40. The highest BCUT2D eigenvalue weighted by molar-refractivity contribution is 5.76. The van der Waals surface area contributed by atoms with E-state index in [1.165, 1.54) is 5.56 Å². The summed E-state index contributed by atoms with van der Waals surface area (Å²) in [4.78, 5) is 17.0. The monoisotopic (exact) mass is 413 g/mol. The molecule has 1 fully saturated rings. The van der Waals surface area contributed by atoms with Crippen molar-refractivity contribution < 1.29 is 14.1 Å². The predicted octanol–water partition coefficient (Wildman–Crippen LogP) is 3.65. The summed E-state index contributed by atoms with van der Waals surface area (Å²) in [6.07, 6.45) is 4.51. The lowest BCUT2D eigenvalue weighted by Gasteiger charge is -2.34. The minimum Gasteiger partial charge on any atom is -0.496 e. The Bertz CT molecular complexity index is 805. The van der Waals surface area contributed by atoms with Gasteiger partial charge in [0.2, 0.25) is 5.91 Å². The molecule has 0 saturated carbocycles. The van der Waals surface area contributed by atoms with Gasteiger partial charge in [-0.15, -0.1) is 0 Å². The number of hydrogen-bond acceptors (Lipinski definition) is 5. The molecular formula is C24H35N3O3. The van der Waals surface area contributed by atoms with Gasteiger partial charge in [-0.05, 0) is 70.2 Å². The van der Waals surface area contributed by atoms with E-state index in [9.17, 15) is 4.79 Å². The zero-order chi connectivity index (χ0) is 21.5. The van der Waals surface area contributed by atoms with Gasteiger partial charge in [0.25, 0.3) is 0 Å². The van der Waals surface area contributed by atoms with Crippen LogP contribution in [0.25, 0.3) is 0 Å². The SMILES string of the molecule is COc1ccccc1CCN1CCC(CN(C)C(=O)CCc2c(C)noc2C)CC1. The third-order valence-electron chi connectivity index (χ3n) is 6.32. The normalized spacial score (nSPS) is 15.3. The Balaban J connectivity index is 1.38. The van der Waals surface area contributed by atoms with Crippen molar-refractivity contribution in [2.75, 3.05) is 40.3 Å². The van der Waals surface area contributed by atoms with Crippen molar-refractivity contribution in [1.82, 2.24) is 15.0 Å². The van der Waals surface area contributed by atoms with Crippen molar-refractivity contribution in [3.8, 4) is 5.75 Å². The zero-order valence-electron chi connectivity index (χ0n) is 18.8. The summed E-state index contributed by atoms with van der Waals surface area (Å²) in [6.45, 7) is 7.94. The Morgan fingerprint density at radius 2 is 1.97 bits per heavy atom. The van der Waals surface area contributed by atoms with Crippen molar-refractivity contribution in [1.29, 1.82) is 0 Å². The Labute approximate surface area is 180 Å². The number of carbonyl (C=O) groups is 1. The highest BCUT2D eigenvalue weighted by Crippen LogP contribution is 2.22. The highest BCUT2D eigenvalue weighted by Gasteiger charge is 2.22. The first kappa shape index (κ1) is 22.3. The van der Waals surface area contributed by atoms with Gasteiger partial charge in [0.05, 0.1) is 12.8 Å². The fraction of sp³-hybridized carbons (Fsp3) is 0.583. The number of rotatable bonds is 9. The summed E-state index contributed by atoms with van der Waals surface area (Å²) < 4.78 is 10.7. The quantitative estimate of drug-likeness (QED) is 0.628. The van der Waals surface area contributed by atoms with Gasteiger partial charge in [0.1, 0.15) is 11.5 Å². The second kappa shape index (κ2) is 10.6. The number of methoxy groups -OCH3 is 1. The first-order valence-corrected chi connectivity index (χ1v) is 11.0. The van der Waals surface area contributed by atoms with Gasteiger partial charge in [-0.3, -0.25) is 4.79 Å². The van der Waals surface area contributed by atoms with Crippen LogP contribution in [-0.4, -0.2) is 61.2 Å². The highest BCUT2D eigenvalue weighted by atomic mass is 16.5. The molecule has 3 rings (SSSR count). The molecule has 6 heteroatoms. The van der Waals surface area contributed by atoms with Crippen LogP contribution in [0, 0.1) is 19.8 Å². The summed E-state index contributed by atoms with van der Waals surface area (Å²) in [5.41, 5.74) is 3.23. The maximum atomic E-state index is 12.6. The largest absolute Gasteiger partial charge is 0.496 e. The summed E-state index contributed by atoms with van der Waals surface area (Å²) in [5.74, 6) is 2.58. The molecule has 2 aromatic rings. The number of benzene rings is 1. The maximum Gasteiger partial charge on any atom is 0.222 e. The summed E-state index contributed by atoms with van der Waals surface area (Å²) in [7, 11) is 3.67. The van der Waals surface area contributed by atoms with Gasteiger partial charge < -0.3 is 19.1 Å². The van der Waals surface area contributed by atoms with E-state index in [0.29, 0.717) is 18.8 Å². The fourth-order valence-corrected chi connectivity index (χ4v) is 4.35. The standard InChI is InChI=1S/C24H35N3O3/c1-18-22(19(2)30-25-18)9-10-24(28)26(3)17-20-11-14-27(15-12-20)16-13-21-7-5-6-8-23(21)29-4/h5-8,20H,9-17H2,1-4H3. The van der Waals surface area contributed by atoms with Crippen LogP contribution in [0.3, 0.4) is 0 Å². The second-order valence-corrected chi connectivity index (χ2v) is 8.42. The van der Waals surface area contributed by atoms with Gasteiger partial charge in [-0.1, -0.05) is 23.4 Å². The molecule has 2 heterocycles. The van der Waals surface area contributed by atoms with E-state index < -0.39 is 0 Å². The van der Waals surface area contributed by atoms with Gasteiger partial charge >= 0.3 is 0 Å². The first-order chi connectivity index (χ1) is 14.5. The lowest BCUT2D eigenvalue weighted by molar-refractivity contribution is -0.130. The number of aromatic nitrogens is 1. The van der Waals surface area contributed by atoms with Crippen LogP contribution in [0.5, 0.6) is 5.75 Å². The predicted molar refractivity (Wildman–Crippen MR) is 118 cm³/mol. The Hall–Kier alpha value is -2.34. The third kappa shape index (κ3) is 5.85. The number of likely N-dealkylation sites (tertiary alicyclic amines) is 1. The van der Waals surface area contributed by atoms with E-state index in [2.05, 4.69) is 22.2 Å². The first-order valence-electron chi connectivity index (χ1n) is 11.0. The number of amides is 1. The number of para-hydroxylation sites is 1. The van der Waals surface area contributed by atoms with E-state index in [0.717, 1.165) is 68.2 Å². The molecule has 6 nitrogen and oxygen atoms in total. The minimum atomic E-state index is 0.202. The Morgan fingerprint density at radius 3 is 2.63 bits per heavy atom. The molecule has 0 N–H and O–H groups in total. The summed E-state index contributed by atoms with van der Waals surface area (Å²) in [5, 5.41) is 3.97. The number of carbonyl (C=O) groups excluding carboxylic acids is 1. The smallest absolute Gasteiger partial charge is 0.222 e. The molecule has 1 aliphatic heterocycles. The van der Waals surface area contributed by atoms with Gasteiger partial charge in [-0.25, -0.2) is 0 Å². The van der Waals surface area contributed by atoms with Crippen LogP contribution in [-0.2, 0) is 17.6 Å². The topological polar surface area (TPSA) is 58.8 Å². The molecule has 0 atom stereocenters. The molecule has 0 aliphatic carbocycles. The molecule has 1 saturated heterocycles. The van der Waals surface area contributed by atoms with Gasteiger partial charge in [-0.2, -0.15) is 0 Å². The van der Waals surface area contributed by atoms with Crippen molar-refractivity contribution in [3.05, 3.63) is 46.8 Å². The van der Waals surface area contributed by atoms with Crippen molar-refractivity contribution in [2.45, 2.75) is 46.0 Å². The average molecular weight is 414 g/mol. The zero-order valence-corrected chi connectivity index (χ0v) is 18.8. The van der Waals surface area contributed by atoms with Crippen LogP contribution >= 0.6 is 0 Å². The molecule has 30 heavy (non-hydrogen) atoms. The average Bonchev–Trinajstić information content (AvgIpc) is 3.08. The number of nitrogens with zero attached hydrogens (tertiary/aromatic N) is 3. The summed E-state index contributed by atoms with van der Waals surface area (Å²) in [6, 6.07) is 8.26. The Kier molecular flexibility index (Phi) is 7.91. The number of aryl methyl sites for hydroxylation is 2. The number of hydrogen-bond donors (Lipinski definition) is 0. The lowest BCUT2D eigenvalue weighted by atomic mass is 9.95. The molecular weight excluding hydrogens is 378 g/mol. The van der Waals surface area contributed by atoms with E-state index in [1.54, 1.807) is 7.11 Å². The maximum absolute atomic E-state index is 12.6. The van der Waals surface area contributed by atoms with Gasteiger partial charge in [0.15, 0.2) is 0 Å². The molecule has 1 aromatic heterocycles. The van der Waals surface area contributed by atoms with Crippen LogP contribution in [0.15, 0.2) is 28.8 Å². The molecule has 0 spiro atoms. The summed E-state index contributed by atoms with van der Waals surface area (Å²) >= 11 is 0. The van der Waals surface area contributed by atoms with E-state index >= 15 is 0 Å². The molecule has 1 aromatic carbocycles. The molecule has 1 amide bonds. The molecule has 0 bridgehead atoms. The second-order valence-electron chi connectivity index (χ2n) is 8.42. The minimum absolute atomic E-state index is 0.202. The Morgan fingerprint density at radius 1 is 1.23 bits per heavy atom. The van der Waals surface area contributed by atoms with Crippen LogP contribution in [0.4, 0.5) is 0 Å². The number of piperidine rings is 1.